The van der Waals surface area contributed by atoms with Crippen LogP contribution in [0.2, 0.25) is 0 Å². The number of fused-ring (bicyclic) bond motifs is 1. The third-order valence-electron chi connectivity index (χ3n) is 2.91. The van der Waals surface area contributed by atoms with Gasteiger partial charge in [-0.2, -0.15) is 0 Å². The Bertz CT molecular complexity index is 755. The SMILES string of the molecule is CC(=O)c1c[nH]c(C(=O)NCc2cn3ccsc3n2)c1. The van der Waals surface area contributed by atoms with Gasteiger partial charge in [-0.3, -0.25) is 14.0 Å². The highest BCUT2D eigenvalue weighted by Crippen LogP contribution is 2.11. The van der Waals surface area contributed by atoms with E-state index in [0.29, 0.717) is 17.8 Å². The maximum Gasteiger partial charge on any atom is 0.268 e. The number of nitrogens with zero attached hydrogens (tertiary/aromatic N) is 2. The minimum absolute atomic E-state index is 0.0744. The molecule has 2 N–H and O–H groups in total. The summed E-state index contributed by atoms with van der Waals surface area (Å²) in [6.07, 6.45) is 5.33. The summed E-state index contributed by atoms with van der Waals surface area (Å²) in [6, 6.07) is 1.55. The molecule has 7 heteroatoms. The minimum atomic E-state index is -0.256. The standard InChI is InChI=1S/C13H12N4O2S/c1-8(18)9-4-11(14-5-9)12(19)15-6-10-7-17-2-3-20-13(17)16-10/h2-5,7,14H,6H2,1H3,(H,15,19). The molecule has 0 saturated carbocycles. The maximum absolute atomic E-state index is 11.9. The van der Waals surface area contributed by atoms with Crippen LogP contribution in [0.4, 0.5) is 0 Å². The average molecular weight is 288 g/mol. The highest BCUT2D eigenvalue weighted by molar-refractivity contribution is 7.15. The molecule has 0 atom stereocenters. The number of amides is 1. The van der Waals surface area contributed by atoms with Crippen LogP contribution in [0.5, 0.6) is 0 Å². The number of ketones is 1. The molecule has 0 radical (unpaired) electrons. The molecule has 0 aliphatic heterocycles. The van der Waals surface area contributed by atoms with Crippen molar-refractivity contribution in [2.75, 3.05) is 0 Å². The van der Waals surface area contributed by atoms with Crippen LogP contribution < -0.4 is 5.32 Å². The number of hydrogen-bond acceptors (Lipinski definition) is 4. The van der Waals surface area contributed by atoms with E-state index in [-0.39, 0.29) is 11.7 Å². The Balaban J connectivity index is 1.66. The van der Waals surface area contributed by atoms with Crippen LogP contribution in [0.15, 0.2) is 30.0 Å². The van der Waals surface area contributed by atoms with Crippen molar-refractivity contribution in [2.24, 2.45) is 0 Å². The molecule has 6 nitrogen and oxygen atoms in total. The van der Waals surface area contributed by atoms with Gasteiger partial charge in [0.2, 0.25) is 0 Å². The molecular formula is C13H12N4O2S. The number of thiazole rings is 1. The Labute approximate surface area is 118 Å². The lowest BCUT2D eigenvalue weighted by Gasteiger charge is -2.00. The number of aromatic amines is 1. The molecule has 0 spiro atoms. The Hall–Kier alpha value is -2.41. The van der Waals surface area contributed by atoms with E-state index in [9.17, 15) is 9.59 Å². The summed E-state index contributed by atoms with van der Waals surface area (Å²) in [4.78, 5) is 31.1. The summed E-state index contributed by atoms with van der Waals surface area (Å²) in [5.74, 6) is -0.330. The third-order valence-corrected chi connectivity index (χ3v) is 3.68. The second-order valence-corrected chi connectivity index (χ2v) is 5.24. The second-order valence-electron chi connectivity index (χ2n) is 4.37. The fraction of sp³-hybridized carbons (Fsp3) is 0.154. The van der Waals surface area contributed by atoms with E-state index >= 15 is 0 Å². The Morgan fingerprint density at radius 1 is 1.50 bits per heavy atom. The summed E-state index contributed by atoms with van der Waals surface area (Å²) in [5, 5.41) is 4.72. The van der Waals surface area contributed by atoms with Crippen LogP contribution in [-0.2, 0) is 6.54 Å². The molecule has 0 bridgehead atoms. The first-order chi connectivity index (χ1) is 9.63. The summed E-state index contributed by atoms with van der Waals surface area (Å²) in [7, 11) is 0. The van der Waals surface area contributed by atoms with E-state index in [2.05, 4.69) is 15.3 Å². The van der Waals surface area contributed by atoms with Crippen LogP contribution in [-0.4, -0.2) is 26.1 Å². The van der Waals surface area contributed by atoms with Gasteiger partial charge < -0.3 is 10.3 Å². The molecule has 102 valence electrons. The molecule has 0 aromatic carbocycles. The zero-order valence-electron chi connectivity index (χ0n) is 10.7. The number of rotatable bonds is 4. The van der Waals surface area contributed by atoms with E-state index < -0.39 is 0 Å². The molecule has 0 aliphatic carbocycles. The normalized spacial score (nSPS) is 10.8. The van der Waals surface area contributed by atoms with Gasteiger partial charge >= 0.3 is 0 Å². The Morgan fingerprint density at radius 3 is 3.05 bits per heavy atom. The zero-order valence-corrected chi connectivity index (χ0v) is 11.5. The van der Waals surface area contributed by atoms with Crippen molar-refractivity contribution >= 4 is 28.0 Å². The van der Waals surface area contributed by atoms with E-state index in [1.54, 1.807) is 17.4 Å². The van der Waals surface area contributed by atoms with Crippen LogP contribution in [0.1, 0.15) is 33.5 Å². The zero-order chi connectivity index (χ0) is 14.1. The molecule has 0 aliphatic rings. The van der Waals surface area contributed by atoms with Gasteiger partial charge in [0.15, 0.2) is 10.7 Å². The number of aromatic nitrogens is 3. The number of nitrogens with one attached hydrogen (secondary N) is 2. The predicted molar refractivity (Wildman–Crippen MR) is 75.0 cm³/mol. The smallest absolute Gasteiger partial charge is 0.268 e. The molecule has 0 unspecified atom stereocenters. The van der Waals surface area contributed by atoms with E-state index in [4.69, 9.17) is 0 Å². The summed E-state index contributed by atoms with van der Waals surface area (Å²) in [5.41, 5.74) is 1.66. The molecule has 0 saturated heterocycles. The molecule has 0 fully saturated rings. The van der Waals surface area contributed by atoms with Gasteiger partial charge in [-0.15, -0.1) is 11.3 Å². The number of imidazole rings is 1. The van der Waals surface area contributed by atoms with E-state index in [1.807, 2.05) is 22.2 Å². The van der Waals surface area contributed by atoms with Crippen LogP contribution in [0.3, 0.4) is 0 Å². The van der Waals surface area contributed by atoms with Crippen molar-refractivity contribution in [2.45, 2.75) is 13.5 Å². The van der Waals surface area contributed by atoms with Crippen LogP contribution >= 0.6 is 11.3 Å². The van der Waals surface area contributed by atoms with Crippen molar-refractivity contribution in [1.29, 1.82) is 0 Å². The van der Waals surface area contributed by atoms with Crippen molar-refractivity contribution in [3.8, 4) is 0 Å². The van der Waals surface area contributed by atoms with Gasteiger partial charge in [0.05, 0.1) is 12.2 Å². The van der Waals surface area contributed by atoms with Crippen molar-refractivity contribution in [1.82, 2.24) is 19.7 Å². The average Bonchev–Trinajstić information content (AvgIpc) is 3.10. The van der Waals surface area contributed by atoms with Gasteiger partial charge in [-0.25, -0.2) is 4.98 Å². The first kappa shape index (κ1) is 12.6. The van der Waals surface area contributed by atoms with Gasteiger partial charge in [-0.05, 0) is 13.0 Å². The summed E-state index contributed by atoms with van der Waals surface area (Å²) >= 11 is 1.54. The van der Waals surface area contributed by atoms with Gasteiger partial charge in [-0.1, -0.05) is 0 Å². The largest absolute Gasteiger partial charge is 0.356 e. The molecule has 1 amide bonds. The summed E-state index contributed by atoms with van der Waals surface area (Å²) in [6.45, 7) is 1.81. The number of carbonyl (C=O) groups excluding carboxylic acids is 2. The molecule has 3 rings (SSSR count). The fourth-order valence-electron chi connectivity index (χ4n) is 1.86. The first-order valence-electron chi connectivity index (χ1n) is 6.02. The molecule has 3 heterocycles. The highest BCUT2D eigenvalue weighted by atomic mass is 32.1. The Kier molecular flexibility index (Phi) is 3.11. The predicted octanol–water partition coefficient (Wildman–Crippen LogP) is 1.86. The highest BCUT2D eigenvalue weighted by Gasteiger charge is 2.11. The molecular weight excluding hydrogens is 276 g/mol. The van der Waals surface area contributed by atoms with Crippen LogP contribution in [0.25, 0.3) is 4.96 Å². The van der Waals surface area contributed by atoms with Gasteiger partial charge in [0, 0.05) is 29.5 Å². The lowest BCUT2D eigenvalue weighted by Crippen LogP contribution is -2.23. The monoisotopic (exact) mass is 288 g/mol. The van der Waals surface area contributed by atoms with Crippen LogP contribution in [0, 0.1) is 0 Å². The van der Waals surface area contributed by atoms with E-state index in [0.717, 1.165) is 10.7 Å². The topological polar surface area (TPSA) is 79.3 Å². The number of carbonyl (C=O) groups is 2. The quantitative estimate of drug-likeness (QED) is 0.719. The van der Waals surface area contributed by atoms with Gasteiger partial charge in [0.25, 0.3) is 5.91 Å². The second kappa shape index (κ2) is 4.93. The van der Waals surface area contributed by atoms with Crippen molar-refractivity contribution < 1.29 is 9.59 Å². The maximum atomic E-state index is 11.9. The lowest BCUT2D eigenvalue weighted by atomic mass is 10.2. The van der Waals surface area contributed by atoms with Gasteiger partial charge in [0.1, 0.15) is 5.69 Å². The Morgan fingerprint density at radius 2 is 2.35 bits per heavy atom. The third kappa shape index (κ3) is 2.35. The molecule has 3 aromatic heterocycles. The fourth-order valence-corrected chi connectivity index (χ4v) is 2.57. The number of H-pyrrole nitrogens is 1. The number of Topliss-reactive ketones (excluding diaryl/α,β-unsaturated/α-hetero) is 1. The first-order valence-corrected chi connectivity index (χ1v) is 6.90. The van der Waals surface area contributed by atoms with Crippen molar-refractivity contribution in [3.05, 3.63) is 47.0 Å². The number of hydrogen-bond donors (Lipinski definition) is 2. The lowest BCUT2D eigenvalue weighted by molar-refractivity contribution is 0.0946. The van der Waals surface area contributed by atoms with Crippen molar-refractivity contribution in [3.63, 3.8) is 0 Å². The minimum Gasteiger partial charge on any atom is -0.356 e. The summed E-state index contributed by atoms with van der Waals surface area (Å²) < 4.78 is 1.91. The van der Waals surface area contributed by atoms with E-state index in [1.165, 1.54) is 13.1 Å². The molecule has 3 aromatic rings. The molecule has 20 heavy (non-hydrogen) atoms.